The number of benzene rings is 3. The van der Waals surface area contributed by atoms with E-state index >= 15 is 0 Å². The SMILES string of the molecule is COCCOc1ccc2c(c1)cc(C(=O)NCCN(C)C)c1nc3ccccc3nc12. The fourth-order valence-corrected chi connectivity index (χ4v) is 3.47. The lowest BCUT2D eigenvalue weighted by Gasteiger charge is -2.13. The van der Waals surface area contributed by atoms with E-state index in [1.165, 1.54) is 0 Å². The first-order valence-corrected chi connectivity index (χ1v) is 10.2. The molecule has 0 saturated carbocycles. The molecule has 0 atom stereocenters. The van der Waals surface area contributed by atoms with Crippen molar-refractivity contribution in [3.05, 3.63) is 54.1 Å². The van der Waals surface area contributed by atoms with Crippen molar-refractivity contribution in [1.29, 1.82) is 0 Å². The monoisotopic (exact) mass is 418 g/mol. The summed E-state index contributed by atoms with van der Waals surface area (Å²) >= 11 is 0. The van der Waals surface area contributed by atoms with Crippen molar-refractivity contribution in [3.63, 3.8) is 0 Å². The first kappa shape index (κ1) is 21.0. The zero-order chi connectivity index (χ0) is 21.8. The normalized spacial score (nSPS) is 11.5. The van der Waals surface area contributed by atoms with Crippen molar-refractivity contribution in [2.24, 2.45) is 0 Å². The van der Waals surface area contributed by atoms with E-state index in [1.807, 2.05) is 67.5 Å². The van der Waals surface area contributed by atoms with Gasteiger partial charge < -0.3 is 19.7 Å². The Morgan fingerprint density at radius 3 is 2.45 bits per heavy atom. The van der Waals surface area contributed by atoms with Gasteiger partial charge in [-0.3, -0.25) is 4.79 Å². The molecule has 7 heteroatoms. The van der Waals surface area contributed by atoms with Crippen LogP contribution in [0.2, 0.25) is 0 Å². The molecule has 0 aliphatic rings. The van der Waals surface area contributed by atoms with Gasteiger partial charge in [-0.25, -0.2) is 9.97 Å². The van der Waals surface area contributed by atoms with E-state index in [2.05, 4.69) is 5.32 Å². The highest BCUT2D eigenvalue weighted by Crippen LogP contribution is 2.30. The van der Waals surface area contributed by atoms with E-state index in [9.17, 15) is 4.79 Å². The number of methoxy groups -OCH3 is 1. The number of aromatic nitrogens is 2. The van der Waals surface area contributed by atoms with Gasteiger partial charge in [0.05, 0.1) is 28.7 Å². The van der Waals surface area contributed by atoms with Gasteiger partial charge in [0.15, 0.2) is 0 Å². The van der Waals surface area contributed by atoms with Gasteiger partial charge in [-0.15, -0.1) is 0 Å². The fourth-order valence-electron chi connectivity index (χ4n) is 3.47. The maximum absolute atomic E-state index is 13.1. The van der Waals surface area contributed by atoms with Crippen molar-refractivity contribution in [2.45, 2.75) is 0 Å². The highest BCUT2D eigenvalue weighted by molar-refractivity contribution is 6.15. The van der Waals surface area contributed by atoms with Gasteiger partial charge >= 0.3 is 0 Å². The summed E-state index contributed by atoms with van der Waals surface area (Å²) in [6.45, 7) is 2.26. The van der Waals surface area contributed by atoms with E-state index in [4.69, 9.17) is 19.4 Å². The van der Waals surface area contributed by atoms with Crippen LogP contribution >= 0.6 is 0 Å². The van der Waals surface area contributed by atoms with Crippen molar-refractivity contribution >= 4 is 38.7 Å². The molecule has 1 amide bonds. The number of carbonyl (C=O) groups excluding carboxylic acids is 1. The second kappa shape index (κ2) is 9.24. The highest BCUT2D eigenvalue weighted by Gasteiger charge is 2.17. The van der Waals surface area contributed by atoms with Crippen molar-refractivity contribution < 1.29 is 14.3 Å². The minimum atomic E-state index is -0.163. The van der Waals surface area contributed by atoms with Crippen LogP contribution in [0.1, 0.15) is 10.4 Å². The molecule has 1 N–H and O–H groups in total. The number of nitrogens with one attached hydrogen (secondary N) is 1. The van der Waals surface area contributed by atoms with Crippen molar-refractivity contribution in [3.8, 4) is 5.75 Å². The number of carbonyl (C=O) groups is 1. The van der Waals surface area contributed by atoms with Gasteiger partial charge in [-0.2, -0.15) is 0 Å². The van der Waals surface area contributed by atoms with Gasteiger partial charge in [0.25, 0.3) is 5.91 Å². The zero-order valence-corrected chi connectivity index (χ0v) is 18.0. The number of ether oxygens (including phenoxy) is 2. The Labute approximate surface area is 181 Å². The number of para-hydroxylation sites is 2. The lowest BCUT2D eigenvalue weighted by molar-refractivity contribution is 0.0952. The van der Waals surface area contributed by atoms with Crippen LogP contribution in [0, 0.1) is 0 Å². The lowest BCUT2D eigenvalue weighted by Crippen LogP contribution is -2.31. The number of amides is 1. The molecule has 0 radical (unpaired) electrons. The van der Waals surface area contributed by atoms with E-state index in [0.29, 0.717) is 36.4 Å². The lowest BCUT2D eigenvalue weighted by atomic mass is 10.0. The molecule has 0 bridgehead atoms. The summed E-state index contributed by atoms with van der Waals surface area (Å²) in [4.78, 5) is 24.7. The number of nitrogens with zero attached hydrogens (tertiary/aromatic N) is 3. The maximum Gasteiger partial charge on any atom is 0.253 e. The second-order valence-corrected chi connectivity index (χ2v) is 7.62. The molecule has 4 rings (SSSR count). The average Bonchev–Trinajstić information content (AvgIpc) is 2.77. The van der Waals surface area contributed by atoms with Gasteiger partial charge in [0, 0.05) is 25.6 Å². The summed E-state index contributed by atoms with van der Waals surface area (Å²) in [6, 6.07) is 15.4. The molecule has 1 aromatic heterocycles. The van der Waals surface area contributed by atoms with Crippen LogP contribution in [0.15, 0.2) is 48.5 Å². The number of hydrogen-bond acceptors (Lipinski definition) is 6. The first-order valence-electron chi connectivity index (χ1n) is 10.2. The standard InChI is InChI=1S/C24H26N4O3/c1-28(2)11-10-25-24(29)19-15-16-14-17(31-13-12-30-3)8-9-18(16)22-23(19)27-21-7-5-4-6-20(21)26-22/h4-9,14-15H,10-13H2,1-3H3,(H,25,29). The number of rotatable bonds is 8. The average molecular weight is 418 g/mol. The van der Waals surface area contributed by atoms with Gasteiger partial charge in [-0.1, -0.05) is 12.1 Å². The molecule has 0 saturated heterocycles. The molecule has 1 heterocycles. The summed E-state index contributed by atoms with van der Waals surface area (Å²) in [5, 5.41) is 4.80. The molecule has 7 nitrogen and oxygen atoms in total. The molecule has 0 spiro atoms. The molecular formula is C24H26N4O3. The zero-order valence-electron chi connectivity index (χ0n) is 18.0. The smallest absolute Gasteiger partial charge is 0.253 e. The minimum absolute atomic E-state index is 0.163. The third-order valence-corrected chi connectivity index (χ3v) is 5.05. The summed E-state index contributed by atoms with van der Waals surface area (Å²) in [5.74, 6) is 0.556. The van der Waals surface area contributed by atoms with Gasteiger partial charge in [0.2, 0.25) is 0 Å². The first-order chi connectivity index (χ1) is 15.1. The molecule has 0 unspecified atom stereocenters. The summed E-state index contributed by atoms with van der Waals surface area (Å²) < 4.78 is 10.8. The molecule has 4 aromatic rings. The topological polar surface area (TPSA) is 76.6 Å². The molecule has 0 fully saturated rings. The van der Waals surface area contributed by atoms with Crippen LogP contribution in [-0.4, -0.2) is 68.3 Å². The van der Waals surface area contributed by atoms with E-state index in [1.54, 1.807) is 7.11 Å². The quantitative estimate of drug-likeness (QED) is 0.269. The Morgan fingerprint density at radius 2 is 1.74 bits per heavy atom. The van der Waals surface area contributed by atoms with Crippen LogP contribution < -0.4 is 10.1 Å². The Kier molecular flexibility index (Phi) is 6.25. The second-order valence-electron chi connectivity index (χ2n) is 7.62. The Balaban J connectivity index is 1.84. The largest absolute Gasteiger partial charge is 0.491 e. The van der Waals surface area contributed by atoms with E-state index in [-0.39, 0.29) is 5.91 Å². The van der Waals surface area contributed by atoms with Crippen LogP contribution in [0.3, 0.4) is 0 Å². The Bertz CT molecular complexity index is 1240. The minimum Gasteiger partial charge on any atom is -0.491 e. The van der Waals surface area contributed by atoms with Crippen LogP contribution in [0.5, 0.6) is 5.75 Å². The third-order valence-electron chi connectivity index (χ3n) is 5.05. The number of likely N-dealkylation sites (N-methyl/N-ethyl adjacent to an activating group) is 1. The molecule has 160 valence electrons. The summed E-state index contributed by atoms with van der Waals surface area (Å²) in [5.41, 5.74) is 3.37. The van der Waals surface area contributed by atoms with Gasteiger partial charge in [0.1, 0.15) is 17.9 Å². The third kappa shape index (κ3) is 4.57. The predicted molar refractivity (Wildman–Crippen MR) is 123 cm³/mol. The van der Waals surface area contributed by atoms with Crippen molar-refractivity contribution in [2.75, 3.05) is 47.5 Å². The fraction of sp³-hybridized carbons (Fsp3) is 0.292. The van der Waals surface area contributed by atoms with Gasteiger partial charge in [-0.05, 0) is 55.9 Å². The van der Waals surface area contributed by atoms with Crippen LogP contribution in [0.4, 0.5) is 0 Å². The molecule has 31 heavy (non-hydrogen) atoms. The summed E-state index contributed by atoms with van der Waals surface area (Å²) in [7, 11) is 5.58. The number of fused-ring (bicyclic) bond motifs is 4. The molecular weight excluding hydrogens is 392 g/mol. The van der Waals surface area contributed by atoms with Crippen molar-refractivity contribution in [1.82, 2.24) is 20.2 Å². The Hall–Kier alpha value is -3.29. The van der Waals surface area contributed by atoms with Crippen LogP contribution in [-0.2, 0) is 4.74 Å². The van der Waals surface area contributed by atoms with E-state index in [0.717, 1.165) is 34.1 Å². The van der Waals surface area contributed by atoms with E-state index < -0.39 is 0 Å². The molecule has 0 aliphatic heterocycles. The molecule has 3 aromatic carbocycles. The molecule has 0 aliphatic carbocycles. The Morgan fingerprint density at radius 1 is 1.00 bits per heavy atom. The summed E-state index contributed by atoms with van der Waals surface area (Å²) in [6.07, 6.45) is 0. The number of hydrogen-bond donors (Lipinski definition) is 1. The highest BCUT2D eigenvalue weighted by atomic mass is 16.5. The maximum atomic E-state index is 13.1. The predicted octanol–water partition coefficient (Wildman–Crippen LogP) is 3.25. The van der Waals surface area contributed by atoms with Crippen LogP contribution in [0.25, 0.3) is 32.8 Å².